The van der Waals surface area contributed by atoms with Crippen LogP contribution in [0.1, 0.15) is 23.7 Å². The molecule has 0 atom stereocenters. The van der Waals surface area contributed by atoms with E-state index in [0.717, 1.165) is 5.01 Å². The zero-order valence-corrected chi connectivity index (χ0v) is 7.41. The van der Waals surface area contributed by atoms with Crippen LogP contribution in [0.25, 0.3) is 0 Å². The van der Waals surface area contributed by atoms with Gasteiger partial charge in [0.1, 0.15) is 10.7 Å². The molecule has 0 saturated carbocycles. The van der Waals surface area contributed by atoms with Crippen LogP contribution < -0.4 is 5.73 Å². The average molecular weight is 174 g/mol. The second-order valence-corrected chi connectivity index (χ2v) is 3.91. The summed E-state index contributed by atoms with van der Waals surface area (Å²) >= 11 is 1.33. The third-order valence-corrected chi connectivity index (χ3v) is 2.63. The number of hydrogen-bond acceptors (Lipinski definition) is 3. The third kappa shape index (κ3) is 1.97. The number of nitrogens with zero attached hydrogens (tertiary/aromatic N) is 1. The molecule has 2 nitrogen and oxygen atoms in total. The summed E-state index contributed by atoms with van der Waals surface area (Å²) < 4.78 is 13.2. The van der Waals surface area contributed by atoms with E-state index in [4.69, 9.17) is 5.73 Å². The number of nitrogens with two attached hydrogens (primary N) is 1. The van der Waals surface area contributed by atoms with Crippen molar-refractivity contribution in [2.45, 2.75) is 26.1 Å². The first-order chi connectivity index (χ1) is 5.04. The molecule has 0 amide bonds. The molecule has 2 N–H and O–H groups in total. The van der Waals surface area contributed by atoms with Gasteiger partial charge in [-0.05, 0) is 13.8 Å². The van der Waals surface area contributed by atoms with Gasteiger partial charge < -0.3 is 5.73 Å². The van der Waals surface area contributed by atoms with E-state index >= 15 is 0 Å². The van der Waals surface area contributed by atoms with E-state index in [1.807, 2.05) is 0 Å². The molecule has 0 fully saturated rings. The molecule has 11 heavy (non-hydrogen) atoms. The highest BCUT2D eigenvalue weighted by atomic mass is 32.1. The van der Waals surface area contributed by atoms with Crippen molar-refractivity contribution in [1.29, 1.82) is 0 Å². The number of thiazole rings is 1. The minimum Gasteiger partial charge on any atom is -0.325 e. The topological polar surface area (TPSA) is 38.9 Å². The molecule has 1 rings (SSSR count). The number of alkyl halides is 1. The largest absolute Gasteiger partial charge is 0.325 e. The Morgan fingerprint density at radius 1 is 1.73 bits per heavy atom. The Bertz CT molecular complexity index is 239. The second-order valence-electron chi connectivity index (χ2n) is 2.79. The Balaban J connectivity index is 2.89. The van der Waals surface area contributed by atoms with Gasteiger partial charge in [-0.3, -0.25) is 0 Å². The quantitative estimate of drug-likeness (QED) is 0.742. The summed E-state index contributed by atoms with van der Waals surface area (Å²) in [5, 5.41) is 0.783. The Labute approximate surface area is 69.3 Å². The standard InChI is InChI=1S/C7H11FN2S/c1-7(2,8)5-4-10-6(3-9)11-5/h4H,3,9H2,1-2H3. The molecule has 0 saturated heterocycles. The van der Waals surface area contributed by atoms with Crippen LogP contribution >= 0.6 is 11.3 Å². The van der Waals surface area contributed by atoms with Crippen LogP contribution in [0, 0.1) is 0 Å². The van der Waals surface area contributed by atoms with Crippen LogP contribution in [-0.4, -0.2) is 4.98 Å². The average Bonchev–Trinajstić information content (AvgIpc) is 2.32. The van der Waals surface area contributed by atoms with Crippen molar-refractivity contribution in [3.8, 4) is 0 Å². The molecule has 0 aliphatic heterocycles. The Hall–Kier alpha value is -0.480. The zero-order chi connectivity index (χ0) is 8.48. The molecule has 1 aromatic heterocycles. The summed E-state index contributed by atoms with van der Waals surface area (Å²) in [7, 11) is 0. The third-order valence-electron chi connectivity index (χ3n) is 1.31. The normalized spacial score (nSPS) is 12.0. The molecule has 0 spiro atoms. The van der Waals surface area contributed by atoms with Gasteiger partial charge in [0.2, 0.25) is 0 Å². The molecule has 0 bridgehead atoms. The maximum atomic E-state index is 13.2. The maximum Gasteiger partial charge on any atom is 0.141 e. The number of aromatic nitrogens is 1. The lowest BCUT2D eigenvalue weighted by Crippen LogP contribution is -2.05. The van der Waals surface area contributed by atoms with E-state index in [-0.39, 0.29) is 0 Å². The first-order valence-corrected chi connectivity index (χ1v) is 4.20. The summed E-state index contributed by atoms with van der Waals surface area (Å²) in [6, 6.07) is 0. The molecular weight excluding hydrogens is 163 g/mol. The molecule has 0 unspecified atom stereocenters. The van der Waals surface area contributed by atoms with Gasteiger partial charge in [-0.2, -0.15) is 0 Å². The fraction of sp³-hybridized carbons (Fsp3) is 0.571. The number of hydrogen-bond donors (Lipinski definition) is 1. The molecule has 1 heterocycles. The smallest absolute Gasteiger partial charge is 0.141 e. The summed E-state index contributed by atoms with van der Waals surface area (Å²) in [5.41, 5.74) is 4.05. The van der Waals surface area contributed by atoms with E-state index in [0.29, 0.717) is 11.4 Å². The number of halogens is 1. The van der Waals surface area contributed by atoms with Crippen LogP contribution in [-0.2, 0) is 12.2 Å². The van der Waals surface area contributed by atoms with Crippen LogP contribution in [0.3, 0.4) is 0 Å². The monoisotopic (exact) mass is 174 g/mol. The van der Waals surface area contributed by atoms with E-state index in [1.165, 1.54) is 25.2 Å². The van der Waals surface area contributed by atoms with Crippen molar-refractivity contribution in [1.82, 2.24) is 4.98 Å². The highest BCUT2D eigenvalue weighted by molar-refractivity contribution is 7.11. The molecule has 0 aliphatic rings. The maximum absolute atomic E-state index is 13.2. The Kier molecular flexibility index (Phi) is 2.25. The Morgan fingerprint density at radius 3 is 2.64 bits per heavy atom. The van der Waals surface area contributed by atoms with Crippen LogP contribution in [0.15, 0.2) is 6.20 Å². The van der Waals surface area contributed by atoms with E-state index in [1.54, 1.807) is 6.20 Å². The van der Waals surface area contributed by atoms with E-state index in [2.05, 4.69) is 4.98 Å². The SMILES string of the molecule is CC(C)(F)c1cnc(CN)s1. The van der Waals surface area contributed by atoms with Crippen LogP contribution in [0.4, 0.5) is 4.39 Å². The van der Waals surface area contributed by atoms with Gasteiger partial charge in [-0.1, -0.05) is 0 Å². The van der Waals surface area contributed by atoms with Gasteiger partial charge in [0.15, 0.2) is 0 Å². The van der Waals surface area contributed by atoms with Crippen LogP contribution in [0.2, 0.25) is 0 Å². The summed E-state index contributed by atoms with van der Waals surface area (Å²) in [6.07, 6.45) is 1.55. The minimum atomic E-state index is -1.29. The lowest BCUT2D eigenvalue weighted by Gasteiger charge is -2.09. The predicted octanol–water partition coefficient (Wildman–Crippen LogP) is 1.81. The lowest BCUT2D eigenvalue weighted by molar-refractivity contribution is 0.226. The van der Waals surface area contributed by atoms with Crippen molar-refractivity contribution < 1.29 is 4.39 Å². The van der Waals surface area contributed by atoms with Crippen molar-refractivity contribution in [2.24, 2.45) is 5.73 Å². The molecule has 4 heteroatoms. The molecule has 62 valence electrons. The van der Waals surface area contributed by atoms with Crippen molar-refractivity contribution in [3.05, 3.63) is 16.1 Å². The van der Waals surface area contributed by atoms with Gasteiger partial charge in [-0.15, -0.1) is 11.3 Å². The second kappa shape index (κ2) is 2.87. The molecule has 0 aromatic carbocycles. The van der Waals surface area contributed by atoms with Crippen molar-refractivity contribution in [2.75, 3.05) is 0 Å². The molecular formula is C7H11FN2S. The highest BCUT2D eigenvalue weighted by Crippen LogP contribution is 2.29. The van der Waals surface area contributed by atoms with Crippen molar-refractivity contribution in [3.63, 3.8) is 0 Å². The van der Waals surface area contributed by atoms with Crippen LogP contribution in [0.5, 0.6) is 0 Å². The van der Waals surface area contributed by atoms with Crippen molar-refractivity contribution >= 4 is 11.3 Å². The fourth-order valence-corrected chi connectivity index (χ4v) is 1.47. The first-order valence-electron chi connectivity index (χ1n) is 3.38. The molecule has 1 aromatic rings. The highest BCUT2D eigenvalue weighted by Gasteiger charge is 2.21. The minimum absolute atomic E-state index is 0.390. The van der Waals surface area contributed by atoms with Gasteiger partial charge in [0.05, 0.1) is 4.88 Å². The van der Waals surface area contributed by atoms with Gasteiger partial charge >= 0.3 is 0 Å². The lowest BCUT2D eigenvalue weighted by atomic mass is 10.1. The zero-order valence-electron chi connectivity index (χ0n) is 6.60. The Morgan fingerprint density at radius 2 is 2.36 bits per heavy atom. The van der Waals surface area contributed by atoms with E-state index in [9.17, 15) is 4.39 Å². The van der Waals surface area contributed by atoms with Gasteiger partial charge in [0.25, 0.3) is 0 Å². The first kappa shape index (κ1) is 8.62. The van der Waals surface area contributed by atoms with E-state index < -0.39 is 5.67 Å². The number of rotatable bonds is 2. The summed E-state index contributed by atoms with van der Waals surface area (Å²) in [5.74, 6) is 0. The summed E-state index contributed by atoms with van der Waals surface area (Å²) in [4.78, 5) is 4.59. The fourth-order valence-electron chi connectivity index (χ4n) is 0.679. The summed E-state index contributed by atoms with van der Waals surface area (Å²) in [6.45, 7) is 3.42. The molecule has 0 aliphatic carbocycles. The van der Waals surface area contributed by atoms with Gasteiger partial charge in [-0.25, -0.2) is 9.37 Å². The predicted molar refractivity (Wildman–Crippen MR) is 44.1 cm³/mol. The van der Waals surface area contributed by atoms with Gasteiger partial charge in [0, 0.05) is 12.7 Å². The molecule has 0 radical (unpaired) electrons.